The smallest absolute Gasteiger partial charge is 0.167 e. The first-order chi connectivity index (χ1) is 8.56. The van der Waals surface area contributed by atoms with E-state index in [1.807, 2.05) is 49.4 Å². The van der Waals surface area contributed by atoms with Crippen molar-refractivity contribution in [2.45, 2.75) is 20.3 Å². The molecule has 0 aliphatic rings. The van der Waals surface area contributed by atoms with E-state index in [9.17, 15) is 4.79 Å². The molecule has 0 bridgehead atoms. The van der Waals surface area contributed by atoms with Gasteiger partial charge in [-0.1, -0.05) is 40.2 Å². The maximum absolute atomic E-state index is 12.2. The van der Waals surface area contributed by atoms with Crippen LogP contribution in [0, 0.1) is 13.8 Å². The van der Waals surface area contributed by atoms with Crippen LogP contribution < -0.4 is 0 Å². The molecule has 0 aliphatic heterocycles. The van der Waals surface area contributed by atoms with Gasteiger partial charge in [-0.15, -0.1) is 0 Å². The lowest BCUT2D eigenvalue weighted by Crippen LogP contribution is -2.04. The summed E-state index contributed by atoms with van der Waals surface area (Å²) >= 11 is 3.39. The Morgan fingerprint density at radius 3 is 2.28 bits per heavy atom. The van der Waals surface area contributed by atoms with Gasteiger partial charge < -0.3 is 0 Å². The molecule has 2 aromatic carbocycles. The summed E-state index contributed by atoms with van der Waals surface area (Å²) in [5, 5.41) is 0. The number of hydrogen-bond acceptors (Lipinski definition) is 1. The van der Waals surface area contributed by atoms with Crippen LogP contribution in [0.2, 0.25) is 0 Å². The molecular weight excluding hydrogens is 288 g/mol. The monoisotopic (exact) mass is 302 g/mol. The van der Waals surface area contributed by atoms with E-state index < -0.39 is 0 Å². The number of carbonyl (C=O) groups excluding carboxylic acids is 1. The summed E-state index contributed by atoms with van der Waals surface area (Å²) in [6, 6.07) is 13.8. The number of carbonyl (C=O) groups is 1. The molecule has 0 spiro atoms. The molecule has 0 fully saturated rings. The lowest BCUT2D eigenvalue weighted by molar-refractivity contribution is 0.0993. The molecule has 2 rings (SSSR count). The summed E-state index contributed by atoms with van der Waals surface area (Å²) in [4.78, 5) is 12.2. The Morgan fingerprint density at radius 1 is 1.00 bits per heavy atom. The highest BCUT2D eigenvalue weighted by Gasteiger charge is 2.07. The van der Waals surface area contributed by atoms with E-state index in [0.717, 1.165) is 21.2 Å². The van der Waals surface area contributed by atoms with Gasteiger partial charge in [-0.05, 0) is 48.7 Å². The van der Waals surface area contributed by atoms with Gasteiger partial charge >= 0.3 is 0 Å². The van der Waals surface area contributed by atoms with Crippen LogP contribution in [-0.2, 0) is 6.42 Å². The van der Waals surface area contributed by atoms with E-state index in [0.29, 0.717) is 6.42 Å². The largest absolute Gasteiger partial charge is 0.294 e. The number of hydrogen-bond donors (Lipinski definition) is 0. The predicted octanol–water partition coefficient (Wildman–Crippen LogP) is 4.49. The average molecular weight is 303 g/mol. The minimum absolute atomic E-state index is 0.167. The molecule has 0 heterocycles. The highest BCUT2D eigenvalue weighted by Crippen LogP contribution is 2.15. The van der Waals surface area contributed by atoms with Crippen LogP contribution >= 0.6 is 15.9 Å². The third-order valence-electron chi connectivity index (χ3n) is 3.11. The van der Waals surface area contributed by atoms with Crippen LogP contribution in [0.25, 0.3) is 0 Å². The summed E-state index contributed by atoms with van der Waals surface area (Å²) in [6.07, 6.45) is 0.454. The molecule has 0 radical (unpaired) electrons. The normalized spacial score (nSPS) is 10.4. The maximum atomic E-state index is 12.2. The number of Topliss-reactive ketones (excluding diaryl/α,β-unsaturated/α-hetero) is 1. The van der Waals surface area contributed by atoms with E-state index in [1.54, 1.807) is 0 Å². The molecule has 1 nitrogen and oxygen atoms in total. The van der Waals surface area contributed by atoms with E-state index in [2.05, 4.69) is 22.9 Å². The van der Waals surface area contributed by atoms with Gasteiger partial charge in [0.2, 0.25) is 0 Å². The maximum Gasteiger partial charge on any atom is 0.167 e. The summed E-state index contributed by atoms with van der Waals surface area (Å²) in [5.74, 6) is 0.167. The molecule has 0 N–H and O–H groups in total. The van der Waals surface area contributed by atoms with Gasteiger partial charge in [0.1, 0.15) is 0 Å². The van der Waals surface area contributed by atoms with Gasteiger partial charge in [0.25, 0.3) is 0 Å². The van der Waals surface area contributed by atoms with Gasteiger partial charge in [-0.3, -0.25) is 4.79 Å². The zero-order chi connectivity index (χ0) is 13.1. The number of aryl methyl sites for hydroxylation is 2. The van der Waals surface area contributed by atoms with Crippen LogP contribution in [0.4, 0.5) is 0 Å². The van der Waals surface area contributed by atoms with Gasteiger partial charge in [-0.2, -0.15) is 0 Å². The molecule has 92 valence electrons. The molecule has 0 atom stereocenters. The Balaban J connectivity index is 2.16. The summed E-state index contributed by atoms with van der Waals surface area (Å²) in [5.41, 5.74) is 4.22. The van der Waals surface area contributed by atoms with Crippen molar-refractivity contribution in [2.75, 3.05) is 0 Å². The standard InChI is InChI=1S/C16H15BrO/c1-11-3-6-14(9-12(11)2)16(18)10-13-4-7-15(17)8-5-13/h3-9H,10H2,1-2H3. The van der Waals surface area contributed by atoms with Crippen molar-refractivity contribution in [2.24, 2.45) is 0 Å². The van der Waals surface area contributed by atoms with Crippen molar-refractivity contribution in [3.8, 4) is 0 Å². The van der Waals surface area contributed by atoms with Crippen LogP contribution in [0.5, 0.6) is 0 Å². The van der Waals surface area contributed by atoms with E-state index >= 15 is 0 Å². The van der Waals surface area contributed by atoms with E-state index in [-0.39, 0.29) is 5.78 Å². The van der Waals surface area contributed by atoms with E-state index in [4.69, 9.17) is 0 Å². The molecule has 2 heteroatoms. The first-order valence-corrected chi connectivity index (χ1v) is 6.70. The third kappa shape index (κ3) is 3.08. The molecule has 0 aromatic heterocycles. The third-order valence-corrected chi connectivity index (χ3v) is 3.64. The lowest BCUT2D eigenvalue weighted by Gasteiger charge is -2.05. The van der Waals surface area contributed by atoms with Crippen molar-refractivity contribution in [3.63, 3.8) is 0 Å². The highest BCUT2D eigenvalue weighted by atomic mass is 79.9. The summed E-state index contributed by atoms with van der Waals surface area (Å²) < 4.78 is 1.03. The molecular formula is C16H15BrO. The van der Waals surface area contributed by atoms with Crippen molar-refractivity contribution in [3.05, 3.63) is 69.2 Å². The van der Waals surface area contributed by atoms with Crippen molar-refractivity contribution >= 4 is 21.7 Å². The van der Waals surface area contributed by atoms with Crippen LogP contribution in [-0.4, -0.2) is 5.78 Å². The van der Waals surface area contributed by atoms with Gasteiger partial charge in [0, 0.05) is 16.5 Å². The Bertz CT molecular complexity index is 570. The Hall–Kier alpha value is -1.41. The van der Waals surface area contributed by atoms with Crippen molar-refractivity contribution in [1.82, 2.24) is 0 Å². The van der Waals surface area contributed by atoms with Gasteiger partial charge in [0.05, 0.1) is 0 Å². The SMILES string of the molecule is Cc1ccc(C(=O)Cc2ccc(Br)cc2)cc1C. The number of ketones is 1. The zero-order valence-corrected chi connectivity index (χ0v) is 12.1. The number of rotatable bonds is 3. The minimum Gasteiger partial charge on any atom is -0.294 e. The van der Waals surface area contributed by atoms with Crippen LogP contribution in [0.15, 0.2) is 46.9 Å². The molecule has 0 aliphatic carbocycles. The minimum atomic E-state index is 0.167. The Kier molecular flexibility index (Phi) is 3.97. The van der Waals surface area contributed by atoms with Crippen LogP contribution in [0.1, 0.15) is 27.0 Å². The van der Waals surface area contributed by atoms with Crippen molar-refractivity contribution in [1.29, 1.82) is 0 Å². The van der Waals surface area contributed by atoms with Crippen LogP contribution in [0.3, 0.4) is 0 Å². The number of halogens is 1. The molecule has 18 heavy (non-hydrogen) atoms. The van der Waals surface area contributed by atoms with Gasteiger partial charge in [-0.25, -0.2) is 0 Å². The number of benzene rings is 2. The van der Waals surface area contributed by atoms with Crippen molar-refractivity contribution < 1.29 is 4.79 Å². The molecule has 2 aromatic rings. The predicted molar refractivity (Wildman–Crippen MR) is 78.1 cm³/mol. The Labute approximate surface area is 116 Å². The van der Waals surface area contributed by atoms with Gasteiger partial charge in [0.15, 0.2) is 5.78 Å². The van der Waals surface area contributed by atoms with E-state index in [1.165, 1.54) is 5.56 Å². The molecule has 0 saturated carbocycles. The zero-order valence-electron chi connectivity index (χ0n) is 10.5. The average Bonchev–Trinajstić information content (AvgIpc) is 2.35. The fourth-order valence-corrected chi connectivity index (χ4v) is 2.07. The first kappa shape index (κ1) is 13.0. The second-order valence-corrected chi connectivity index (χ2v) is 5.44. The first-order valence-electron chi connectivity index (χ1n) is 5.91. The molecule has 0 unspecified atom stereocenters. The quantitative estimate of drug-likeness (QED) is 0.763. The molecule has 0 amide bonds. The second kappa shape index (κ2) is 5.49. The highest BCUT2D eigenvalue weighted by molar-refractivity contribution is 9.10. The Morgan fingerprint density at radius 2 is 1.67 bits per heavy atom. The summed E-state index contributed by atoms with van der Waals surface area (Å²) in [7, 11) is 0. The fourth-order valence-electron chi connectivity index (χ4n) is 1.80. The molecule has 0 saturated heterocycles. The second-order valence-electron chi connectivity index (χ2n) is 4.53. The topological polar surface area (TPSA) is 17.1 Å². The summed E-state index contributed by atoms with van der Waals surface area (Å²) in [6.45, 7) is 4.09. The lowest BCUT2D eigenvalue weighted by atomic mass is 9.99. The fraction of sp³-hybridized carbons (Fsp3) is 0.188.